The van der Waals surface area contributed by atoms with Crippen LogP contribution in [0.4, 0.5) is 5.69 Å². The number of hydrogen-bond acceptors (Lipinski definition) is 2. The SMILES string of the molecule is CC1C=C(Cl)c2ccccc2N1C.N. The van der Waals surface area contributed by atoms with Crippen molar-refractivity contribution in [1.82, 2.24) is 6.15 Å². The first kappa shape index (κ1) is 11.1. The lowest BCUT2D eigenvalue weighted by Gasteiger charge is -2.31. The summed E-state index contributed by atoms with van der Waals surface area (Å²) in [6.07, 6.45) is 2.07. The van der Waals surface area contributed by atoms with Crippen molar-refractivity contribution in [2.45, 2.75) is 13.0 Å². The van der Waals surface area contributed by atoms with E-state index in [4.69, 9.17) is 11.6 Å². The predicted molar refractivity (Wildman–Crippen MR) is 63.2 cm³/mol. The summed E-state index contributed by atoms with van der Waals surface area (Å²) >= 11 is 6.14. The van der Waals surface area contributed by atoms with Gasteiger partial charge in [0.2, 0.25) is 0 Å². The molecule has 2 rings (SSSR count). The lowest BCUT2D eigenvalue weighted by atomic mass is 10.0. The van der Waals surface area contributed by atoms with Crippen LogP contribution in [0.2, 0.25) is 0 Å². The maximum absolute atomic E-state index is 6.14. The fourth-order valence-corrected chi connectivity index (χ4v) is 1.96. The summed E-state index contributed by atoms with van der Waals surface area (Å²) in [5.74, 6) is 0. The number of rotatable bonds is 0. The molecule has 0 saturated carbocycles. The number of fused-ring (bicyclic) bond motifs is 1. The van der Waals surface area contributed by atoms with E-state index in [-0.39, 0.29) is 6.15 Å². The molecule has 1 aromatic rings. The number of nitrogens with zero attached hydrogens (tertiary/aromatic N) is 1. The molecule has 14 heavy (non-hydrogen) atoms. The van der Waals surface area contributed by atoms with Gasteiger partial charge in [0.25, 0.3) is 0 Å². The summed E-state index contributed by atoms with van der Waals surface area (Å²) in [5, 5.41) is 0.862. The highest BCUT2D eigenvalue weighted by Crippen LogP contribution is 2.34. The molecule has 0 saturated heterocycles. The second-order valence-electron chi connectivity index (χ2n) is 3.38. The molecule has 0 radical (unpaired) electrons. The van der Waals surface area contributed by atoms with Crippen molar-refractivity contribution >= 4 is 22.3 Å². The van der Waals surface area contributed by atoms with Crippen molar-refractivity contribution in [3.63, 3.8) is 0 Å². The molecule has 3 N–H and O–H groups in total. The Kier molecular flexibility index (Phi) is 3.19. The van der Waals surface area contributed by atoms with Crippen LogP contribution >= 0.6 is 11.6 Å². The van der Waals surface area contributed by atoms with Crippen LogP contribution in [0.1, 0.15) is 12.5 Å². The summed E-state index contributed by atoms with van der Waals surface area (Å²) in [7, 11) is 2.09. The molecule has 0 bridgehead atoms. The summed E-state index contributed by atoms with van der Waals surface area (Å²) in [4.78, 5) is 2.22. The van der Waals surface area contributed by atoms with Crippen LogP contribution in [0, 0.1) is 0 Å². The van der Waals surface area contributed by atoms with Gasteiger partial charge in [0.05, 0.1) is 0 Å². The van der Waals surface area contributed by atoms with E-state index in [1.807, 2.05) is 12.1 Å². The molecular weight excluding hydrogens is 196 g/mol. The van der Waals surface area contributed by atoms with Crippen molar-refractivity contribution in [2.24, 2.45) is 0 Å². The fourth-order valence-electron chi connectivity index (χ4n) is 1.62. The summed E-state index contributed by atoms with van der Waals surface area (Å²) in [6.45, 7) is 2.14. The fraction of sp³-hybridized carbons (Fsp3) is 0.273. The zero-order valence-electron chi connectivity index (χ0n) is 8.50. The smallest absolute Gasteiger partial charge is 0.0479 e. The van der Waals surface area contributed by atoms with Gasteiger partial charge in [-0.15, -0.1) is 0 Å². The van der Waals surface area contributed by atoms with Gasteiger partial charge in [-0.1, -0.05) is 29.8 Å². The molecule has 2 nitrogen and oxygen atoms in total. The van der Waals surface area contributed by atoms with Crippen molar-refractivity contribution in [3.05, 3.63) is 35.9 Å². The normalized spacial score (nSPS) is 19.5. The molecule has 0 spiro atoms. The van der Waals surface area contributed by atoms with E-state index in [0.717, 1.165) is 10.6 Å². The van der Waals surface area contributed by atoms with Gasteiger partial charge in [-0.25, -0.2) is 0 Å². The van der Waals surface area contributed by atoms with E-state index >= 15 is 0 Å². The Hall–Kier alpha value is -0.990. The Morgan fingerprint density at radius 1 is 1.29 bits per heavy atom. The van der Waals surface area contributed by atoms with Crippen LogP contribution in [-0.2, 0) is 0 Å². The number of hydrogen-bond donors (Lipinski definition) is 1. The van der Waals surface area contributed by atoms with Gasteiger partial charge in [0, 0.05) is 29.4 Å². The lowest BCUT2D eigenvalue weighted by Crippen LogP contribution is -2.30. The van der Waals surface area contributed by atoms with E-state index < -0.39 is 0 Å². The summed E-state index contributed by atoms with van der Waals surface area (Å²) in [5.41, 5.74) is 2.34. The number of halogens is 1. The van der Waals surface area contributed by atoms with Crippen LogP contribution in [0.5, 0.6) is 0 Å². The maximum atomic E-state index is 6.14. The topological polar surface area (TPSA) is 38.2 Å². The van der Waals surface area contributed by atoms with Gasteiger partial charge < -0.3 is 11.1 Å². The zero-order chi connectivity index (χ0) is 9.42. The van der Waals surface area contributed by atoms with E-state index in [9.17, 15) is 0 Å². The molecule has 1 unspecified atom stereocenters. The molecule has 1 aliphatic heterocycles. The third-order valence-corrected chi connectivity index (χ3v) is 2.87. The van der Waals surface area contributed by atoms with E-state index in [0.29, 0.717) is 6.04 Å². The average molecular weight is 211 g/mol. The largest absolute Gasteiger partial charge is 0.368 e. The Labute approximate surface area is 89.8 Å². The second-order valence-corrected chi connectivity index (χ2v) is 3.79. The lowest BCUT2D eigenvalue weighted by molar-refractivity contribution is 0.816. The molecule has 3 heteroatoms. The van der Waals surface area contributed by atoms with Gasteiger partial charge in [0.15, 0.2) is 0 Å². The van der Waals surface area contributed by atoms with Gasteiger partial charge in [-0.05, 0) is 19.1 Å². The minimum atomic E-state index is 0. The van der Waals surface area contributed by atoms with E-state index in [1.54, 1.807) is 0 Å². The van der Waals surface area contributed by atoms with Crippen molar-refractivity contribution in [3.8, 4) is 0 Å². The van der Waals surface area contributed by atoms with Crippen molar-refractivity contribution < 1.29 is 0 Å². The van der Waals surface area contributed by atoms with E-state index in [2.05, 4.69) is 37.1 Å². The number of benzene rings is 1. The Morgan fingerprint density at radius 2 is 1.93 bits per heavy atom. The van der Waals surface area contributed by atoms with Crippen LogP contribution < -0.4 is 11.1 Å². The van der Waals surface area contributed by atoms with Gasteiger partial charge in [-0.3, -0.25) is 0 Å². The van der Waals surface area contributed by atoms with Crippen molar-refractivity contribution in [1.29, 1.82) is 0 Å². The highest BCUT2D eigenvalue weighted by molar-refractivity contribution is 6.49. The Morgan fingerprint density at radius 3 is 2.64 bits per heavy atom. The second kappa shape index (κ2) is 4.03. The van der Waals surface area contributed by atoms with E-state index in [1.165, 1.54) is 5.69 Å². The molecule has 0 amide bonds. The van der Waals surface area contributed by atoms with Gasteiger partial charge in [0.1, 0.15) is 0 Å². The Balaban J connectivity index is 0.000000980. The highest BCUT2D eigenvalue weighted by Gasteiger charge is 2.18. The highest BCUT2D eigenvalue weighted by atomic mass is 35.5. The summed E-state index contributed by atoms with van der Waals surface area (Å²) in [6, 6.07) is 8.58. The third kappa shape index (κ3) is 1.63. The molecule has 1 aromatic carbocycles. The minimum Gasteiger partial charge on any atom is -0.368 e. The number of para-hydroxylation sites is 1. The third-order valence-electron chi connectivity index (χ3n) is 2.54. The van der Waals surface area contributed by atoms with Crippen molar-refractivity contribution in [2.75, 3.05) is 11.9 Å². The first-order valence-corrected chi connectivity index (χ1v) is 4.77. The molecule has 76 valence electrons. The first-order valence-electron chi connectivity index (χ1n) is 4.39. The maximum Gasteiger partial charge on any atom is 0.0479 e. The minimum absolute atomic E-state index is 0. The van der Waals surface area contributed by atoms with Crippen LogP contribution in [0.3, 0.4) is 0 Å². The molecule has 0 aliphatic carbocycles. The monoisotopic (exact) mass is 210 g/mol. The van der Waals surface area contributed by atoms with Crippen LogP contribution in [0.15, 0.2) is 30.3 Å². The molecule has 1 aliphatic rings. The molecule has 1 heterocycles. The molecular formula is C11H15ClN2. The average Bonchev–Trinajstić information content (AvgIpc) is 2.15. The van der Waals surface area contributed by atoms with Crippen LogP contribution in [-0.4, -0.2) is 13.1 Å². The first-order chi connectivity index (χ1) is 6.20. The molecule has 0 aromatic heterocycles. The predicted octanol–water partition coefficient (Wildman–Crippen LogP) is 3.27. The van der Waals surface area contributed by atoms with Gasteiger partial charge in [-0.2, -0.15) is 0 Å². The zero-order valence-corrected chi connectivity index (χ0v) is 9.25. The number of anilines is 1. The van der Waals surface area contributed by atoms with Gasteiger partial charge >= 0.3 is 0 Å². The number of likely N-dealkylation sites (N-methyl/N-ethyl adjacent to an activating group) is 1. The molecule has 0 fully saturated rings. The Bertz CT molecular complexity index is 360. The quantitative estimate of drug-likeness (QED) is 0.714. The summed E-state index contributed by atoms with van der Waals surface area (Å²) < 4.78 is 0. The standard InChI is InChI=1S/C11H12ClN.H3N/c1-8-7-10(12)9-5-3-4-6-11(9)13(8)2;/h3-8H,1-2H3;1H3. The van der Waals surface area contributed by atoms with Crippen LogP contribution in [0.25, 0.3) is 5.03 Å². The molecule has 1 atom stereocenters.